The number of nitrogens with one attached hydrogen (secondary N) is 1. The summed E-state index contributed by atoms with van der Waals surface area (Å²) in [4.78, 5) is 11.2. The van der Waals surface area contributed by atoms with Crippen molar-refractivity contribution >= 4 is 23.4 Å². The average molecular weight is 358 g/mol. The Morgan fingerprint density at radius 1 is 1.28 bits per heavy atom. The van der Waals surface area contributed by atoms with E-state index in [0.29, 0.717) is 22.0 Å². The number of nitrogens with zero attached hydrogens (tertiary/aromatic N) is 2. The number of carbonyl (C=O) groups is 1. The molecule has 2 heterocycles. The Balaban J connectivity index is 1.89. The molecule has 7 heteroatoms. The van der Waals surface area contributed by atoms with Crippen LogP contribution in [0, 0.1) is 5.82 Å². The van der Waals surface area contributed by atoms with Crippen LogP contribution in [0.3, 0.4) is 0 Å². The summed E-state index contributed by atoms with van der Waals surface area (Å²) in [6.07, 6.45) is 0.761. The van der Waals surface area contributed by atoms with Crippen molar-refractivity contribution in [3.05, 3.63) is 64.4 Å². The van der Waals surface area contributed by atoms with Gasteiger partial charge in [0.05, 0.1) is 22.0 Å². The molecule has 25 heavy (non-hydrogen) atoms. The third kappa shape index (κ3) is 2.64. The van der Waals surface area contributed by atoms with Crippen LogP contribution in [0.1, 0.15) is 15.9 Å². The van der Waals surface area contributed by atoms with E-state index in [2.05, 4.69) is 10.4 Å². The second-order valence-electron chi connectivity index (χ2n) is 5.74. The van der Waals surface area contributed by atoms with Gasteiger partial charge in [-0.15, -0.1) is 0 Å². The van der Waals surface area contributed by atoms with Crippen molar-refractivity contribution in [2.75, 3.05) is 11.9 Å². The second kappa shape index (κ2) is 5.89. The van der Waals surface area contributed by atoms with Crippen molar-refractivity contribution in [2.24, 2.45) is 0 Å². The van der Waals surface area contributed by atoms with Gasteiger partial charge in [-0.3, -0.25) is 0 Å². The van der Waals surface area contributed by atoms with Gasteiger partial charge in [0, 0.05) is 17.7 Å². The Hall–Kier alpha value is -2.86. The standard InChI is InChI=1S/C18H13ClFN3O2/c19-15-9-11(20)4-5-13(15)16-14-6-7-21-17(14)23(22-16)12-3-1-2-10(8-12)18(24)25/h1-5,8-9,21H,6-7H2,(H,24,25). The highest BCUT2D eigenvalue weighted by Crippen LogP contribution is 2.37. The van der Waals surface area contributed by atoms with Crippen molar-refractivity contribution in [2.45, 2.75) is 6.42 Å². The van der Waals surface area contributed by atoms with E-state index in [0.717, 1.165) is 24.3 Å². The van der Waals surface area contributed by atoms with Gasteiger partial charge in [-0.1, -0.05) is 17.7 Å². The molecule has 126 valence electrons. The summed E-state index contributed by atoms with van der Waals surface area (Å²) in [5.74, 6) is -0.601. The van der Waals surface area contributed by atoms with Gasteiger partial charge in [-0.25, -0.2) is 13.9 Å². The van der Waals surface area contributed by atoms with Gasteiger partial charge in [0.15, 0.2) is 0 Å². The van der Waals surface area contributed by atoms with Crippen LogP contribution in [0.4, 0.5) is 10.2 Å². The fraction of sp³-hybridized carbons (Fsp3) is 0.111. The zero-order valence-electron chi connectivity index (χ0n) is 13.0. The van der Waals surface area contributed by atoms with Crippen molar-refractivity contribution in [3.8, 4) is 16.9 Å². The van der Waals surface area contributed by atoms with Gasteiger partial charge < -0.3 is 10.4 Å². The fourth-order valence-corrected chi connectivity index (χ4v) is 3.29. The summed E-state index contributed by atoms with van der Waals surface area (Å²) in [5, 5.41) is 17.4. The molecule has 3 aromatic rings. The lowest BCUT2D eigenvalue weighted by Gasteiger charge is -2.07. The minimum absolute atomic E-state index is 0.182. The van der Waals surface area contributed by atoms with Gasteiger partial charge in [0.1, 0.15) is 11.6 Å². The van der Waals surface area contributed by atoms with E-state index in [1.165, 1.54) is 18.2 Å². The maximum absolute atomic E-state index is 13.3. The van der Waals surface area contributed by atoms with Crippen LogP contribution in [0.2, 0.25) is 5.02 Å². The predicted molar refractivity (Wildman–Crippen MR) is 93.1 cm³/mol. The molecule has 1 aliphatic rings. The molecule has 1 aliphatic heterocycles. The Morgan fingerprint density at radius 3 is 2.88 bits per heavy atom. The van der Waals surface area contributed by atoms with E-state index in [9.17, 15) is 14.3 Å². The lowest BCUT2D eigenvalue weighted by molar-refractivity contribution is 0.0697. The molecule has 5 nitrogen and oxygen atoms in total. The molecule has 0 saturated carbocycles. The number of benzene rings is 2. The van der Waals surface area contributed by atoms with E-state index >= 15 is 0 Å². The molecule has 2 N–H and O–H groups in total. The summed E-state index contributed by atoms with van der Waals surface area (Å²) in [5.41, 5.74) is 3.12. The first-order valence-corrected chi connectivity index (χ1v) is 8.07. The number of hydrogen-bond acceptors (Lipinski definition) is 3. The minimum Gasteiger partial charge on any atom is -0.478 e. The van der Waals surface area contributed by atoms with E-state index < -0.39 is 11.8 Å². The molecular weight excluding hydrogens is 345 g/mol. The first kappa shape index (κ1) is 15.7. The molecule has 0 bridgehead atoms. The van der Waals surface area contributed by atoms with Gasteiger partial charge in [-0.05, 0) is 42.8 Å². The van der Waals surface area contributed by atoms with Gasteiger partial charge in [-0.2, -0.15) is 5.10 Å². The molecule has 0 aliphatic carbocycles. The molecular formula is C18H13ClFN3O2. The van der Waals surface area contributed by atoms with Crippen LogP contribution in [-0.4, -0.2) is 27.4 Å². The van der Waals surface area contributed by atoms with Crippen molar-refractivity contribution in [1.82, 2.24) is 9.78 Å². The van der Waals surface area contributed by atoms with Crippen molar-refractivity contribution < 1.29 is 14.3 Å². The first-order valence-electron chi connectivity index (χ1n) is 7.69. The van der Waals surface area contributed by atoms with E-state index in [1.54, 1.807) is 28.9 Å². The lowest BCUT2D eigenvalue weighted by atomic mass is 10.1. The number of carboxylic acid groups (broad SMARTS) is 1. The summed E-state index contributed by atoms with van der Waals surface area (Å²) < 4.78 is 15.0. The van der Waals surface area contributed by atoms with Crippen LogP contribution in [0.5, 0.6) is 0 Å². The van der Waals surface area contributed by atoms with Crippen LogP contribution in [0.15, 0.2) is 42.5 Å². The highest BCUT2D eigenvalue weighted by atomic mass is 35.5. The number of rotatable bonds is 3. The van der Waals surface area contributed by atoms with Crippen LogP contribution in [0.25, 0.3) is 16.9 Å². The number of halogens is 2. The van der Waals surface area contributed by atoms with E-state index in [-0.39, 0.29) is 5.56 Å². The van der Waals surface area contributed by atoms with Crippen LogP contribution < -0.4 is 5.32 Å². The topological polar surface area (TPSA) is 67.1 Å². The number of aromatic carboxylic acids is 1. The molecule has 0 spiro atoms. The van der Waals surface area contributed by atoms with Gasteiger partial charge in [0.2, 0.25) is 0 Å². The molecule has 0 fully saturated rings. The molecule has 0 unspecified atom stereocenters. The summed E-state index contributed by atoms with van der Waals surface area (Å²) >= 11 is 6.20. The highest BCUT2D eigenvalue weighted by Gasteiger charge is 2.25. The third-order valence-corrected chi connectivity index (χ3v) is 4.49. The average Bonchev–Trinajstić information content (AvgIpc) is 3.18. The summed E-state index contributed by atoms with van der Waals surface area (Å²) in [6.45, 7) is 0.748. The van der Waals surface area contributed by atoms with Crippen LogP contribution >= 0.6 is 11.6 Å². The number of carboxylic acids is 1. The summed E-state index contributed by atoms with van der Waals surface area (Å²) in [6, 6.07) is 10.8. The second-order valence-corrected chi connectivity index (χ2v) is 6.15. The molecule has 4 rings (SSSR count). The zero-order chi connectivity index (χ0) is 17.6. The van der Waals surface area contributed by atoms with Crippen molar-refractivity contribution in [1.29, 1.82) is 0 Å². The molecule has 0 radical (unpaired) electrons. The quantitative estimate of drug-likeness (QED) is 0.743. The Bertz CT molecular complexity index is 1000. The molecule has 1 aromatic heterocycles. The van der Waals surface area contributed by atoms with Gasteiger partial charge in [0.25, 0.3) is 0 Å². The predicted octanol–water partition coefficient (Wildman–Crippen LogP) is 4.00. The Morgan fingerprint density at radius 2 is 2.12 bits per heavy atom. The first-order chi connectivity index (χ1) is 12.0. The van der Waals surface area contributed by atoms with Crippen LogP contribution in [-0.2, 0) is 6.42 Å². The maximum atomic E-state index is 13.3. The number of hydrogen-bond donors (Lipinski definition) is 2. The lowest BCUT2D eigenvalue weighted by Crippen LogP contribution is -2.05. The monoisotopic (exact) mass is 357 g/mol. The molecule has 0 atom stereocenters. The Kier molecular flexibility index (Phi) is 3.69. The Labute approximate surface area is 147 Å². The SMILES string of the molecule is O=C(O)c1cccc(-n2nc(-c3ccc(F)cc3Cl)c3c2NCC3)c1. The maximum Gasteiger partial charge on any atom is 0.335 e. The zero-order valence-corrected chi connectivity index (χ0v) is 13.7. The largest absolute Gasteiger partial charge is 0.478 e. The normalized spacial score (nSPS) is 12.7. The van der Waals surface area contributed by atoms with E-state index in [1.807, 2.05) is 0 Å². The van der Waals surface area contributed by atoms with Gasteiger partial charge >= 0.3 is 5.97 Å². The smallest absolute Gasteiger partial charge is 0.335 e. The minimum atomic E-state index is -1.000. The number of aromatic nitrogens is 2. The number of fused-ring (bicyclic) bond motifs is 1. The number of anilines is 1. The third-order valence-electron chi connectivity index (χ3n) is 4.17. The molecule has 0 saturated heterocycles. The molecule has 2 aromatic carbocycles. The highest BCUT2D eigenvalue weighted by molar-refractivity contribution is 6.33. The van der Waals surface area contributed by atoms with Crippen molar-refractivity contribution in [3.63, 3.8) is 0 Å². The molecule has 0 amide bonds. The summed E-state index contributed by atoms with van der Waals surface area (Å²) in [7, 11) is 0. The fourth-order valence-electron chi connectivity index (χ4n) is 3.03. The van der Waals surface area contributed by atoms with E-state index in [4.69, 9.17) is 11.6 Å².